The SMILES string of the molecule is O=C(NC1=CCN(CCc2c[nH]c3ccccc23)CC1)OCc1ccccc1. The molecule has 2 aromatic carbocycles. The minimum Gasteiger partial charge on any atom is -0.444 e. The summed E-state index contributed by atoms with van der Waals surface area (Å²) < 4.78 is 5.29. The lowest BCUT2D eigenvalue weighted by atomic mass is 10.1. The van der Waals surface area contributed by atoms with Gasteiger partial charge in [0.1, 0.15) is 6.61 Å². The zero-order chi connectivity index (χ0) is 19.2. The Hall–Kier alpha value is -3.05. The number of carbonyl (C=O) groups excluding carboxylic acids is 1. The van der Waals surface area contributed by atoms with Crippen LogP contribution in [-0.4, -0.2) is 35.6 Å². The zero-order valence-corrected chi connectivity index (χ0v) is 15.9. The Morgan fingerprint density at radius 3 is 2.75 bits per heavy atom. The molecule has 1 aliphatic heterocycles. The van der Waals surface area contributed by atoms with Crippen LogP contribution in [0.15, 0.2) is 72.6 Å². The predicted molar refractivity (Wildman–Crippen MR) is 111 cm³/mol. The molecule has 1 aromatic heterocycles. The molecular formula is C23H25N3O2. The first-order chi connectivity index (χ1) is 13.8. The average molecular weight is 375 g/mol. The highest BCUT2D eigenvalue weighted by atomic mass is 16.5. The second-order valence-electron chi connectivity index (χ2n) is 7.08. The molecule has 1 aliphatic rings. The van der Waals surface area contributed by atoms with Crippen molar-refractivity contribution < 1.29 is 9.53 Å². The first kappa shape index (κ1) is 18.3. The molecule has 0 fully saturated rings. The monoisotopic (exact) mass is 375 g/mol. The van der Waals surface area contributed by atoms with E-state index >= 15 is 0 Å². The van der Waals surface area contributed by atoms with E-state index in [1.165, 1.54) is 16.5 Å². The molecule has 0 saturated heterocycles. The summed E-state index contributed by atoms with van der Waals surface area (Å²) in [6.45, 7) is 3.07. The molecule has 2 heterocycles. The van der Waals surface area contributed by atoms with Gasteiger partial charge in [-0.05, 0) is 23.6 Å². The Morgan fingerprint density at radius 1 is 1.11 bits per heavy atom. The van der Waals surface area contributed by atoms with E-state index in [-0.39, 0.29) is 12.7 Å². The van der Waals surface area contributed by atoms with Crippen molar-refractivity contribution in [2.75, 3.05) is 19.6 Å². The van der Waals surface area contributed by atoms with Gasteiger partial charge in [-0.15, -0.1) is 0 Å². The van der Waals surface area contributed by atoms with Crippen molar-refractivity contribution in [2.24, 2.45) is 0 Å². The van der Waals surface area contributed by atoms with Crippen LogP contribution in [0, 0.1) is 0 Å². The Morgan fingerprint density at radius 2 is 1.93 bits per heavy atom. The third-order valence-corrected chi connectivity index (χ3v) is 5.14. The number of amides is 1. The normalized spacial score (nSPS) is 14.6. The van der Waals surface area contributed by atoms with Gasteiger partial charge in [-0.25, -0.2) is 4.79 Å². The predicted octanol–water partition coefficient (Wildman–Crippen LogP) is 4.23. The number of aromatic amines is 1. The van der Waals surface area contributed by atoms with Gasteiger partial charge in [0.15, 0.2) is 0 Å². The average Bonchev–Trinajstić information content (AvgIpc) is 3.16. The van der Waals surface area contributed by atoms with Crippen LogP contribution in [0.1, 0.15) is 17.5 Å². The van der Waals surface area contributed by atoms with Gasteiger partial charge >= 0.3 is 6.09 Å². The van der Waals surface area contributed by atoms with Gasteiger partial charge in [-0.1, -0.05) is 54.6 Å². The van der Waals surface area contributed by atoms with Gasteiger partial charge < -0.3 is 9.72 Å². The van der Waals surface area contributed by atoms with Gasteiger partial charge in [-0.2, -0.15) is 0 Å². The number of H-pyrrole nitrogens is 1. The zero-order valence-electron chi connectivity index (χ0n) is 15.9. The lowest BCUT2D eigenvalue weighted by Gasteiger charge is -2.26. The van der Waals surface area contributed by atoms with E-state index < -0.39 is 0 Å². The van der Waals surface area contributed by atoms with Crippen LogP contribution in [0.3, 0.4) is 0 Å². The lowest BCUT2D eigenvalue weighted by Crippen LogP contribution is -2.35. The number of benzene rings is 2. The lowest BCUT2D eigenvalue weighted by molar-refractivity contribution is 0.141. The molecule has 28 heavy (non-hydrogen) atoms. The third-order valence-electron chi connectivity index (χ3n) is 5.14. The maximum Gasteiger partial charge on any atom is 0.411 e. The highest BCUT2D eigenvalue weighted by molar-refractivity contribution is 5.83. The van der Waals surface area contributed by atoms with E-state index in [1.54, 1.807) is 0 Å². The summed E-state index contributed by atoms with van der Waals surface area (Å²) in [4.78, 5) is 17.7. The first-order valence-corrected chi connectivity index (χ1v) is 9.72. The molecule has 1 amide bonds. The van der Waals surface area contributed by atoms with Crippen LogP contribution >= 0.6 is 0 Å². The fourth-order valence-electron chi connectivity index (χ4n) is 3.54. The second kappa shape index (κ2) is 8.76. The molecule has 0 unspecified atom stereocenters. The maximum absolute atomic E-state index is 12.0. The highest BCUT2D eigenvalue weighted by Crippen LogP contribution is 2.19. The maximum atomic E-state index is 12.0. The van der Waals surface area contributed by atoms with Crippen molar-refractivity contribution in [3.8, 4) is 0 Å². The summed E-state index contributed by atoms with van der Waals surface area (Å²) in [7, 11) is 0. The van der Waals surface area contributed by atoms with Crippen molar-refractivity contribution in [2.45, 2.75) is 19.4 Å². The fraction of sp³-hybridized carbons (Fsp3) is 0.261. The molecule has 3 aromatic rings. The summed E-state index contributed by atoms with van der Waals surface area (Å²) in [5.74, 6) is 0. The van der Waals surface area contributed by atoms with Gasteiger partial charge in [-0.3, -0.25) is 10.2 Å². The Balaban J connectivity index is 1.22. The van der Waals surface area contributed by atoms with Crippen molar-refractivity contribution in [3.63, 3.8) is 0 Å². The molecular weight excluding hydrogens is 350 g/mol. The fourth-order valence-corrected chi connectivity index (χ4v) is 3.54. The number of nitrogens with zero attached hydrogens (tertiary/aromatic N) is 1. The third kappa shape index (κ3) is 4.61. The summed E-state index contributed by atoms with van der Waals surface area (Å²) in [6, 6.07) is 18.1. The van der Waals surface area contributed by atoms with Crippen LogP contribution in [0.25, 0.3) is 10.9 Å². The molecule has 0 aliphatic carbocycles. The Kier molecular flexibility index (Phi) is 5.73. The van der Waals surface area contributed by atoms with Gasteiger partial charge in [0.2, 0.25) is 0 Å². The molecule has 0 atom stereocenters. The quantitative estimate of drug-likeness (QED) is 0.678. The number of para-hydroxylation sites is 1. The van der Waals surface area contributed by atoms with Crippen LogP contribution < -0.4 is 5.32 Å². The number of nitrogens with one attached hydrogen (secondary N) is 2. The Labute approximate surface area is 165 Å². The topological polar surface area (TPSA) is 57.4 Å². The standard InChI is InChI=1S/C23H25N3O2/c27-23(28-17-18-6-2-1-3-7-18)25-20-11-14-26(15-12-20)13-10-19-16-24-22-9-5-4-8-21(19)22/h1-9,11,16,24H,10,12-15,17H2,(H,25,27). The van der Waals surface area contributed by atoms with Crippen molar-refractivity contribution in [3.05, 3.63) is 83.7 Å². The summed E-state index contributed by atoms with van der Waals surface area (Å²) in [5, 5.41) is 4.18. The molecule has 5 heteroatoms. The van der Waals surface area contributed by atoms with Crippen LogP contribution in [-0.2, 0) is 17.8 Å². The van der Waals surface area contributed by atoms with Crippen LogP contribution in [0.5, 0.6) is 0 Å². The minimum absolute atomic E-state index is 0.288. The number of rotatable bonds is 6. The summed E-state index contributed by atoms with van der Waals surface area (Å²) >= 11 is 0. The van der Waals surface area contributed by atoms with E-state index in [1.807, 2.05) is 30.3 Å². The molecule has 0 radical (unpaired) electrons. The minimum atomic E-state index is -0.387. The number of carbonyl (C=O) groups is 1. The Bertz CT molecular complexity index is 962. The largest absolute Gasteiger partial charge is 0.444 e. The number of aromatic nitrogens is 1. The number of hydrogen-bond acceptors (Lipinski definition) is 3. The van der Waals surface area contributed by atoms with E-state index in [2.05, 4.69) is 51.7 Å². The van der Waals surface area contributed by atoms with Gasteiger partial charge in [0.25, 0.3) is 0 Å². The molecule has 144 valence electrons. The van der Waals surface area contributed by atoms with E-state index in [0.717, 1.165) is 43.7 Å². The van der Waals surface area contributed by atoms with Crippen molar-refractivity contribution in [1.29, 1.82) is 0 Å². The second-order valence-corrected chi connectivity index (χ2v) is 7.08. The van der Waals surface area contributed by atoms with Gasteiger partial charge in [0.05, 0.1) is 0 Å². The summed E-state index contributed by atoms with van der Waals surface area (Å²) in [5.41, 5.74) is 4.48. The number of fused-ring (bicyclic) bond motifs is 1. The van der Waals surface area contributed by atoms with Crippen LogP contribution in [0.4, 0.5) is 4.79 Å². The van der Waals surface area contributed by atoms with Crippen molar-refractivity contribution >= 4 is 17.0 Å². The van der Waals surface area contributed by atoms with Crippen molar-refractivity contribution in [1.82, 2.24) is 15.2 Å². The van der Waals surface area contributed by atoms with Crippen LogP contribution in [0.2, 0.25) is 0 Å². The molecule has 0 saturated carbocycles. The molecule has 5 nitrogen and oxygen atoms in total. The van der Waals surface area contributed by atoms with E-state index in [4.69, 9.17) is 4.74 Å². The molecule has 4 rings (SSSR count). The number of ether oxygens (including phenoxy) is 1. The molecule has 0 bridgehead atoms. The van der Waals surface area contributed by atoms with E-state index in [0.29, 0.717) is 0 Å². The first-order valence-electron chi connectivity index (χ1n) is 9.72. The number of alkyl carbamates (subject to hydrolysis) is 1. The van der Waals surface area contributed by atoms with Gasteiger partial charge in [0, 0.05) is 48.9 Å². The summed E-state index contributed by atoms with van der Waals surface area (Å²) in [6.07, 6.45) is 5.65. The van der Waals surface area contributed by atoms with E-state index in [9.17, 15) is 4.79 Å². The molecule has 0 spiro atoms. The smallest absolute Gasteiger partial charge is 0.411 e. The molecule has 2 N–H and O–H groups in total. The highest BCUT2D eigenvalue weighted by Gasteiger charge is 2.14. The number of hydrogen-bond donors (Lipinski definition) is 2.